The van der Waals surface area contributed by atoms with Crippen molar-refractivity contribution in [2.24, 2.45) is 0 Å². The van der Waals surface area contributed by atoms with Gasteiger partial charge >= 0.3 is 250 Å². The molecule has 220 valence electrons. The number of carbonyl (C=O) groups is 3. The van der Waals surface area contributed by atoms with Crippen molar-refractivity contribution in [2.45, 2.75) is 38.0 Å². The van der Waals surface area contributed by atoms with Gasteiger partial charge in [-0.15, -0.1) is 0 Å². The normalized spacial score (nSPS) is 20.9. The molecule has 0 bridgehead atoms. The molecular weight excluding hydrogens is 565 g/mol. The summed E-state index contributed by atoms with van der Waals surface area (Å²) in [5, 5.41) is 6.15. The number of benzene rings is 4. The molecular formula is C33H32N3O6P. The summed E-state index contributed by atoms with van der Waals surface area (Å²) >= 11 is 0. The quantitative estimate of drug-likeness (QED) is 0.245. The molecule has 10 heteroatoms. The molecule has 0 radical (unpaired) electrons. The van der Waals surface area contributed by atoms with E-state index < -0.39 is 37.7 Å². The topological polar surface area (TPSA) is 106 Å². The van der Waals surface area contributed by atoms with Gasteiger partial charge in [0, 0.05) is 0 Å². The van der Waals surface area contributed by atoms with E-state index in [2.05, 4.69) is 10.2 Å². The van der Waals surface area contributed by atoms with Gasteiger partial charge in [-0.3, -0.25) is 0 Å². The minimum absolute atomic E-state index is 0.212. The van der Waals surface area contributed by atoms with Crippen LogP contribution in [0, 0.1) is 0 Å². The van der Waals surface area contributed by atoms with Crippen molar-refractivity contribution in [1.29, 1.82) is 0 Å². The third-order valence-corrected chi connectivity index (χ3v) is 10.4. The fourth-order valence-corrected chi connectivity index (χ4v) is 8.58. The fourth-order valence-electron chi connectivity index (χ4n) is 5.30. The number of rotatable bonds is 9. The zero-order valence-corrected chi connectivity index (χ0v) is 24.3. The Hall–Kier alpha value is -4.56. The van der Waals surface area contributed by atoms with Crippen molar-refractivity contribution < 1.29 is 28.0 Å². The van der Waals surface area contributed by atoms with Gasteiger partial charge in [0.05, 0.1) is 0 Å². The molecule has 2 heterocycles. The predicted molar refractivity (Wildman–Crippen MR) is 162 cm³/mol. The first-order chi connectivity index (χ1) is 20.9. The molecule has 2 fully saturated rings. The summed E-state index contributed by atoms with van der Waals surface area (Å²) < 4.78 is 17.9. The molecule has 0 unspecified atom stereocenters. The minimum atomic E-state index is -5.04. The SMILES string of the molecule is O=C1OP2(OC(=O)N(Cc3ccccc3)Cc3ccccc3)(N[C@H]1Cc1ccccc1)N[C@@H](Cc1ccccc1)C(=O)O2. The Morgan fingerprint density at radius 3 is 1.33 bits per heavy atom. The van der Waals surface area contributed by atoms with Crippen LogP contribution in [0.3, 0.4) is 0 Å². The summed E-state index contributed by atoms with van der Waals surface area (Å²) in [5.74, 6) is -1.35. The van der Waals surface area contributed by atoms with Crippen molar-refractivity contribution in [3.63, 3.8) is 0 Å². The molecule has 2 N–H and O–H groups in total. The van der Waals surface area contributed by atoms with Gasteiger partial charge in [-0.1, -0.05) is 0 Å². The Balaban J connectivity index is 1.32. The Morgan fingerprint density at radius 2 is 0.953 bits per heavy atom. The van der Waals surface area contributed by atoms with E-state index in [0.29, 0.717) is 0 Å². The van der Waals surface area contributed by atoms with Crippen LogP contribution in [0.15, 0.2) is 121 Å². The second kappa shape index (κ2) is 12.0. The Bertz CT molecular complexity index is 1480. The van der Waals surface area contributed by atoms with E-state index in [-0.39, 0.29) is 25.9 Å². The molecule has 4 aromatic rings. The maximum atomic E-state index is 14.1. The summed E-state index contributed by atoms with van der Waals surface area (Å²) in [6.07, 6.45) is -0.308. The molecule has 4 aromatic carbocycles. The predicted octanol–water partition coefficient (Wildman–Crippen LogP) is 5.47. The average molecular weight is 598 g/mol. The van der Waals surface area contributed by atoms with Crippen LogP contribution >= 0.6 is 7.59 Å². The number of carbonyl (C=O) groups excluding carboxylic acids is 3. The zero-order chi connectivity index (χ0) is 29.7. The molecule has 1 amide bonds. The molecule has 1 spiro atoms. The van der Waals surface area contributed by atoms with Crippen molar-refractivity contribution in [3.05, 3.63) is 144 Å². The zero-order valence-electron chi connectivity index (χ0n) is 23.4. The molecule has 0 aliphatic carbocycles. The Kier molecular flexibility index (Phi) is 7.95. The van der Waals surface area contributed by atoms with Crippen LogP contribution in [0.4, 0.5) is 4.79 Å². The van der Waals surface area contributed by atoms with Crippen LogP contribution < -0.4 is 10.2 Å². The summed E-state index contributed by atoms with van der Waals surface area (Å²) in [6, 6.07) is 35.9. The van der Waals surface area contributed by atoms with Gasteiger partial charge in [0.2, 0.25) is 0 Å². The first-order valence-electron chi connectivity index (χ1n) is 14.1. The average Bonchev–Trinajstić information content (AvgIpc) is 3.44. The molecule has 2 aliphatic heterocycles. The van der Waals surface area contributed by atoms with Gasteiger partial charge in [0.15, 0.2) is 0 Å². The first-order valence-corrected chi connectivity index (χ1v) is 16.1. The monoisotopic (exact) mass is 597 g/mol. The van der Waals surface area contributed by atoms with Gasteiger partial charge < -0.3 is 0 Å². The van der Waals surface area contributed by atoms with Gasteiger partial charge in [0.25, 0.3) is 0 Å². The van der Waals surface area contributed by atoms with Crippen LogP contribution in [0.2, 0.25) is 0 Å². The second-order valence-electron chi connectivity index (χ2n) is 10.6. The van der Waals surface area contributed by atoms with E-state index in [1.54, 1.807) is 0 Å². The molecule has 6 rings (SSSR count). The van der Waals surface area contributed by atoms with Gasteiger partial charge in [-0.2, -0.15) is 0 Å². The van der Waals surface area contributed by atoms with Crippen LogP contribution in [-0.4, -0.2) is 35.0 Å². The molecule has 9 nitrogen and oxygen atoms in total. The summed E-state index contributed by atoms with van der Waals surface area (Å²) in [4.78, 5) is 42.3. The van der Waals surface area contributed by atoms with Crippen LogP contribution in [0.5, 0.6) is 0 Å². The Morgan fingerprint density at radius 1 is 0.605 bits per heavy atom. The number of amides is 1. The van der Waals surface area contributed by atoms with Crippen molar-refractivity contribution >= 4 is 25.6 Å². The van der Waals surface area contributed by atoms with E-state index in [1.165, 1.54) is 4.90 Å². The van der Waals surface area contributed by atoms with E-state index >= 15 is 0 Å². The summed E-state index contributed by atoms with van der Waals surface area (Å²) in [7, 11) is -5.04. The molecule has 2 atom stereocenters. The van der Waals surface area contributed by atoms with E-state index in [1.807, 2.05) is 121 Å². The molecule has 0 saturated carbocycles. The van der Waals surface area contributed by atoms with Gasteiger partial charge in [-0.05, 0) is 0 Å². The number of nitrogens with one attached hydrogen (secondary N) is 2. The third-order valence-electron chi connectivity index (χ3n) is 7.34. The maximum absolute atomic E-state index is 14.1. The second-order valence-corrected chi connectivity index (χ2v) is 13.5. The van der Waals surface area contributed by atoms with Gasteiger partial charge in [0.1, 0.15) is 0 Å². The number of hydrogen-bond donors (Lipinski definition) is 2. The van der Waals surface area contributed by atoms with E-state index in [9.17, 15) is 14.4 Å². The van der Waals surface area contributed by atoms with Crippen molar-refractivity contribution in [1.82, 2.24) is 15.1 Å². The van der Waals surface area contributed by atoms with Crippen LogP contribution in [0.25, 0.3) is 0 Å². The third kappa shape index (κ3) is 6.44. The van der Waals surface area contributed by atoms with Gasteiger partial charge in [-0.25, -0.2) is 0 Å². The first kappa shape index (κ1) is 28.6. The van der Waals surface area contributed by atoms with Crippen LogP contribution in [0.1, 0.15) is 22.3 Å². The van der Waals surface area contributed by atoms with E-state index in [4.69, 9.17) is 13.6 Å². The molecule has 0 aromatic heterocycles. The molecule has 43 heavy (non-hydrogen) atoms. The fraction of sp³-hybridized carbons (Fsp3) is 0.182. The van der Waals surface area contributed by atoms with Crippen LogP contribution in [-0.2, 0) is 49.1 Å². The van der Waals surface area contributed by atoms with E-state index in [0.717, 1.165) is 22.3 Å². The molecule has 2 saturated heterocycles. The van der Waals surface area contributed by atoms with Crippen molar-refractivity contribution in [3.8, 4) is 0 Å². The number of hydrogen-bond acceptors (Lipinski definition) is 8. The summed E-state index contributed by atoms with van der Waals surface area (Å²) in [6.45, 7) is 0.424. The molecule has 2 aliphatic rings. The number of nitrogens with zero attached hydrogens (tertiary/aromatic N) is 1. The summed E-state index contributed by atoms with van der Waals surface area (Å²) in [5.41, 5.74) is 3.48. The van der Waals surface area contributed by atoms with Crippen molar-refractivity contribution in [2.75, 3.05) is 0 Å². The standard InChI is InChI=1S/C33H32N3O6P/c37-31-29(21-25-13-5-1-6-14-25)34-43(40-31,35-30(32(38)41-43)22-26-15-7-2-8-16-26)42-33(39)36(23-27-17-9-3-10-18-27)24-28-19-11-4-12-20-28/h1-20,29-30,34-35H,21-24H2/t29-,30-/m0/s1. The Labute approximate surface area is 250 Å².